The van der Waals surface area contributed by atoms with Crippen LogP contribution in [0.15, 0.2) is 36.4 Å². The van der Waals surface area contributed by atoms with Crippen molar-refractivity contribution in [1.82, 2.24) is 0 Å². The summed E-state index contributed by atoms with van der Waals surface area (Å²) >= 11 is 11.7. The van der Waals surface area contributed by atoms with Crippen LogP contribution < -0.4 is 0 Å². The maximum absolute atomic E-state index is 12.6. The van der Waals surface area contributed by atoms with E-state index in [0.29, 0.717) is 16.0 Å². The minimum Gasteiger partial charge on any atom is -0.208 e. The molecule has 2 aromatic carbocycles. The Hall–Kier alpha value is -0.860. The molecule has 0 nitrogen and oxygen atoms in total. The lowest BCUT2D eigenvalue weighted by molar-refractivity contribution is 0.143. The van der Waals surface area contributed by atoms with Gasteiger partial charge in [-0.2, -0.15) is 0 Å². The molecule has 0 radical (unpaired) electrons. The van der Waals surface area contributed by atoms with Gasteiger partial charge in [-0.25, -0.2) is 8.78 Å². The van der Waals surface area contributed by atoms with Crippen LogP contribution in [0.4, 0.5) is 8.78 Å². The van der Waals surface area contributed by atoms with Crippen molar-refractivity contribution in [3.05, 3.63) is 47.0 Å². The number of rotatable bonds is 2. The number of halogens is 4. The Kier molecular flexibility index (Phi) is 3.31. The van der Waals surface area contributed by atoms with E-state index in [2.05, 4.69) is 0 Å². The number of hydrogen-bond acceptors (Lipinski definition) is 0. The summed E-state index contributed by atoms with van der Waals surface area (Å²) in [6.07, 6.45) is -2.59. The van der Waals surface area contributed by atoms with Crippen molar-refractivity contribution >= 4 is 34.0 Å². The van der Waals surface area contributed by atoms with E-state index in [9.17, 15) is 8.78 Å². The largest absolute Gasteiger partial charge is 0.258 e. The van der Waals surface area contributed by atoms with Crippen molar-refractivity contribution in [1.29, 1.82) is 0 Å². The maximum Gasteiger partial charge on any atom is 0.258 e. The van der Waals surface area contributed by atoms with Gasteiger partial charge >= 0.3 is 0 Å². The van der Waals surface area contributed by atoms with Crippen LogP contribution in [-0.2, 0) is 0 Å². The minimum atomic E-state index is -2.59. The fourth-order valence-electron chi connectivity index (χ4n) is 1.66. The molecule has 84 valence electrons. The van der Waals surface area contributed by atoms with Crippen molar-refractivity contribution in [2.45, 2.75) is 11.8 Å². The molecule has 2 aromatic rings. The summed E-state index contributed by atoms with van der Waals surface area (Å²) in [5.74, 6) is 0. The summed E-state index contributed by atoms with van der Waals surface area (Å²) in [6, 6.07) is 10.3. The fourth-order valence-corrected chi connectivity index (χ4v) is 2.08. The van der Waals surface area contributed by atoms with Gasteiger partial charge < -0.3 is 0 Å². The zero-order valence-electron chi connectivity index (χ0n) is 8.13. The van der Waals surface area contributed by atoms with Crippen LogP contribution in [0.25, 0.3) is 10.8 Å². The molecular weight excluding hydrogens is 253 g/mol. The van der Waals surface area contributed by atoms with Crippen LogP contribution in [0, 0.1) is 0 Å². The van der Waals surface area contributed by atoms with Crippen molar-refractivity contribution in [3.63, 3.8) is 0 Å². The van der Waals surface area contributed by atoms with Crippen LogP contribution in [0.5, 0.6) is 0 Å². The average Bonchev–Trinajstić information content (AvgIpc) is 2.29. The molecule has 0 N–H and O–H groups in total. The molecule has 0 aliphatic carbocycles. The quantitative estimate of drug-likeness (QED) is 0.664. The van der Waals surface area contributed by atoms with E-state index in [1.807, 2.05) is 6.07 Å². The molecule has 0 saturated carbocycles. The third-order valence-corrected chi connectivity index (χ3v) is 3.18. The van der Waals surface area contributed by atoms with Gasteiger partial charge in [0.1, 0.15) is 5.38 Å². The van der Waals surface area contributed by atoms with Gasteiger partial charge in [0.05, 0.1) is 0 Å². The van der Waals surface area contributed by atoms with E-state index in [1.165, 1.54) is 0 Å². The van der Waals surface area contributed by atoms with Crippen molar-refractivity contribution < 1.29 is 8.78 Å². The van der Waals surface area contributed by atoms with Gasteiger partial charge in [0.2, 0.25) is 0 Å². The minimum absolute atomic E-state index is 0.414. The van der Waals surface area contributed by atoms with Crippen LogP contribution >= 0.6 is 23.2 Å². The highest BCUT2D eigenvalue weighted by Gasteiger charge is 2.21. The number of fused-ring (bicyclic) bond motifs is 1. The zero-order chi connectivity index (χ0) is 11.7. The Morgan fingerprint density at radius 1 is 0.938 bits per heavy atom. The summed E-state index contributed by atoms with van der Waals surface area (Å²) in [7, 11) is 0. The van der Waals surface area contributed by atoms with Gasteiger partial charge in [0, 0.05) is 10.4 Å². The first-order valence-electron chi connectivity index (χ1n) is 4.70. The Labute approximate surface area is 102 Å². The van der Waals surface area contributed by atoms with E-state index >= 15 is 0 Å². The highest BCUT2D eigenvalue weighted by atomic mass is 35.5. The lowest BCUT2D eigenvalue weighted by Crippen LogP contribution is -2.02. The lowest BCUT2D eigenvalue weighted by atomic mass is 10.0. The molecule has 0 aliphatic heterocycles. The molecule has 4 heteroatoms. The van der Waals surface area contributed by atoms with E-state index in [0.717, 1.165) is 5.39 Å². The summed E-state index contributed by atoms with van der Waals surface area (Å²) in [4.78, 5) is 0. The van der Waals surface area contributed by atoms with E-state index in [-0.39, 0.29) is 0 Å². The molecule has 0 heterocycles. The third-order valence-electron chi connectivity index (χ3n) is 2.42. The number of hydrogen-bond donors (Lipinski definition) is 0. The lowest BCUT2D eigenvalue weighted by Gasteiger charge is -2.12. The molecule has 0 spiro atoms. The molecule has 0 aliphatic rings. The molecule has 0 aromatic heterocycles. The Bertz CT molecular complexity index is 511. The molecule has 16 heavy (non-hydrogen) atoms. The maximum atomic E-state index is 12.6. The van der Waals surface area contributed by atoms with Crippen molar-refractivity contribution in [2.75, 3.05) is 0 Å². The van der Waals surface area contributed by atoms with Crippen LogP contribution in [0.3, 0.4) is 0 Å². The van der Waals surface area contributed by atoms with Crippen molar-refractivity contribution in [3.8, 4) is 0 Å². The molecule has 1 unspecified atom stereocenters. The molecule has 0 bridgehead atoms. The molecular formula is C12H8Cl2F2. The standard InChI is InChI=1S/C12H8Cl2F2/c13-10-6-5-9(11(14)12(15)16)7-3-1-2-4-8(7)10/h1-6,11-12H. The van der Waals surface area contributed by atoms with Crippen LogP contribution in [0.2, 0.25) is 5.02 Å². The highest BCUT2D eigenvalue weighted by Crippen LogP contribution is 2.35. The Balaban J connectivity index is 2.67. The van der Waals surface area contributed by atoms with Crippen LogP contribution in [-0.4, -0.2) is 6.43 Å². The molecule has 2 rings (SSSR count). The summed E-state index contributed by atoms with van der Waals surface area (Å²) in [6.45, 7) is 0. The fraction of sp³-hybridized carbons (Fsp3) is 0.167. The first kappa shape index (κ1) is 11.6. The highest BCUT2D eigenvalue weighted by molar-refractivity contribution is 6.35. The van der Waals surface area contributed by atoms with Gasteiger partial charge in [-0.3, -0.25) is 0 Å². The summed E-state index contributed by atoms with van der Waals surface area (Å²) < 4.78 is 25.2. The molecule has 0 amide bonds. The topological polar surface area (TPSA) is 0 Å². The molecule has 1 atom stereocenters. The van der Waals surface area contributed by atoms with Gasteiger partial charge in [0.25, 0.3) is 6.43 Å². The summed E-state index contributed by atoms with van der Waals surface area (Å²) in [5.41, 5.74) is 0.414. The normalized spacial score (nSPS) is 13.3. The van der Waals surface area contributed by atoms with Gasteiger partial charge in [-0.1, -0.05) is 41.9 Å². The van der Waals surface area contributed by atoms with E-state index in [1.54, 1.807) is 30.3 Å². The molecule has 0 fully saturated rings. The van der Waals surface area contributed by atoms with Crippen molar-refractivity contribution in [2.24, 2.45) is 0 Å². The van der Waals surface area contributed by atoms with E-state index in [4.69, 9.17) is 23.2 Å². The monoisotopic (exact) mass is 260 g/mol. The second-order valence-electron chi connectivity index (χ2n) is 3.42. The Morgan fingerprint density at radius 3 is 2.19 bits per heavy atom. The van der Waals surface area contributed by atoms with Crippen LogP contribution in [0.1, 0.15) is 10.9 Å². The zero-order valence-corrected chi connectivity index (χ0v) is 9.64. The van der Waals surface area contributed by atoms with E-state index < -0.39 is 11.8 Å². The smallest absolute Gasteiger partial charge is 0.208 e. The van der Waals surface area contributed by atoms with Gasteiger partial charge in [-0.05, 0) is 17.0 Å². The predicted octanol–water partition coefficient (Wildman–Crippen LogP) is 5.04. The number of alkyl halides is 3. The third kappa shape index (κ3) is 2.00. The number of benzene rings is 2. The average molecular weight is 261 g/mol. The first-order chi connectivity index (χ1) is 7.61. The predicted molar refractivity (Wildman–Crippen MR) is 63.6 cm³/mol. The van der Waals surface area contributed by atoms with Gasteiger partial charge in [0.15, 0.2) is 0 Å². The SMILES string of the molecule is FC(F)C(Cl)c1ccc(Cl)c2ccccc12. The second-order valence-corrected chi connectivity index (χ2v) is 4.30. The summed E-state index contributed by atoms with van der Waals surface area (Å²) in [5, 5.41) is 0.655. The Morgan fingerprint density at radius 2 is 1.56 bits per heavy atom. The molecule has 0 saturated heterocycles. The second kappa shape index (κ2) is 4.56. The van der Waals surface area contributed by atoms with Gasteiger partial charge in [-0.15, -0.1) is 11.6 Å². The first-order valence-corrected chi connectivity index (χ1v) is 5.52.